The van der Waals surface area contributed by atoms with E-state index in [0.717, 1.165) is 12.5 Å². The van der Waals surface area contributed by atoms with Crippen LogP contribution in [0.25, 0.3) is 0 Å². The second-order valence-corrected chi connectivity index (χ2v) is 6.48. The Morgan fingerprint density at radius 3 is 2.75 bits per heavy atom. The molecule has 1 aliphatic rings. The van der Waals surface area contributed by atoms with E-state index < -0.39 is 0 Å². The third kappa shape index (κ3) is 2.95. The molecule has 20 heavy (non-hydrogen) atoms. The zero-order valence-electron chi connectivity index (χ0n) is 12.0. The Morgan fingerprint density at radius 1 is 1.30 bits per heavy atom. The first-order valence-corrected chi connectivity index (χ1v) is 8.24. The summed E-state index contributed by atoms with van der Waals surface area (Å²) in [6.45, 7) is 1.63. The molecular weight excluding hydrogens is 264 g/mol. The van der Waals surface area contributed by atoms with Crippen molar-refractivity contribution in [1.82, 2.24) is 4.90 Å². The third-order valence-electron chi connectivity index (χ3n) is 4.14. The van der Waals surface area contributed by atoms with Crippen molar-refractivity contribution in [3.05, 3.63) is 57.8 Å². The maximum absolute atomic E-state index is 6.09. The van der Waals surface area contributed by atoms with Crippen LogP contribution in [0.15, 0.2) is 41.1 Å². The van der Waals surface area contributed by atoms with Crippen molar-refractivity contribution in [2.24, 2.45) is 5.73 Å². The predicted octanol–water partition coefficient (Wildman–Crippen LogP) is 3.76. The average Bonchev–Trinajstić information content (AvgIpc) is 3.19. The van der Waals surface area contributed by atoms with Crippen LogP contribution in [0.1, 0.15) is 41.5 Å². The Hall–Kier alpha value is -1.16. The van der Waals surface area contributed by atoms with Gasteiger partial charge in [-0.25, -0.2) is 0 Å². The third-order valence-corrected chi connectivity index (χ3v) is 4.87. The Kier molecular flexibility index (Phi) is 4.20. The SMILES string of the molecule is CN(Cc1ccsc1)C(CN)c1ccccc1C1CC1. The van der Waals surface area contributed by atoms with E-state index in [-0.39, 0.29) is 0 Å². The van der Waals surface area contributed by atoms with E-state index in [1.165, 1.54) is 29.5 Å². The van der Waals surface area contributed by atoms with Gasteiger partial charge in [-0.1, -0.05) is 24.3 Å². The Bertz CT molecular complexity index is 546. The summed E-state index contributed by atoms with van der Waals surface area (Å²) in [5, 5.41) is 4.36. The van der Waals surface area contributed by atoms with Gasteiger partial charge in [-0.15, -0.1) is 0 Å². The van der Waals surface area contributed by atoms with Crippen LogP contribution in [0, 0.1) is 0 Å². The van der Waals surface area contributed by atoms with Gasteiger partial charge in [-0.3, -0.25) is 4.90 Å². The van der Waals surface area contributed by atoms with E-state index >= 15 is 0 Å². The summed E-state index contributed by atoms with van der Waals surface area (Å²) in [7, 11) is 2.18. The average molecular weight is 286 g/mol. The van der Waals surface area contributed by atoms with Crippen LogP contribution in [0.4, 0.5) is 0 Å². The van der Waals surface area contributed by atoms with Gasteiger partial charge in [0.25, 0.3) is 0 Å². The minimum absolute atomic E-state index is 0.312. The summed E-state index contributed by atoms with van der Waals surface area (Å²) in [6.07, 6.45) is 2.67. The lowest BCUT2D eigenvalue weighted by Gasteiger charge is -2.29. The van der Waals surface area contributed by atoms with Gasteiger partial charge in [0, 0.05) is 19.1 Å². The van der Waals surface area contributed by atoms with E-state index in [9.17, 15) is 0 Å². The van der Waals surface area contributed by atoms with Gasteiger partial charge >= 0.3 is 0 Å². The summed E-state index contributed by atoms with van der Waals surface area (Å²) in [5.74, 6) is 0.773. The van der Waals surface area contributed by atoms with E-state index in [1.54, 1.807) is 11.3 Å². The minimum atomic E-state index is 0.312. The number of nitrogens with zero attached hydrogens (tertiary/aromatic N) is 1. The lowest BCUT2D eigenvalue weighted by molar-refractivity contribution is 0.241. The topological polar surface area (TPSA) is 29.3 Å². The van der Waals surface area contributed by atoms with E-state index in [4.69, 9.17) is 5.73 Å². The van der Waals surface area contributed by atoms with Gasteiger partial charge in [0.2, 0.25) is 0 Å². The molecule has 1 aromatic heterocycles. The van der Waals surface area contributed by atoms with Crippen LogP contribution in [0.3, 0.4) is 0 Å². The Morgan fingerprint density at radius 2 is 2.10 bits per heavy atom. The number of benzene rings is 1. The van der Waals surface area contributed by atoms with Crippen molar-refractivity contribution in [3.8, 4) is 0 Å². The number of nitrogens with two attached hydrogens (primary N) is 1. The number of rotatable bonds is 6. The molecule has 3 heteroatoms. The van der Waals surface area contributed by atoms with Crippen molar-refractivity contribution >= 4 is 11.3 Å². The summed E-state index contributed by atoms with van der Waals surface area (Å²) >= 11 is 1.76. The van der Waals surface area contributed by atoms with Gasteiger partial charge in [-0.2, -0.15) is 11.3 Å². The maximum atomic E-state index is 6.09. The van der Waals surface area contributed by atoms with E-state index in [1.807, 2.05) is 0 Å². The molecule has 1 aromatic carbocycles. The number of hydrogen-bond acceptors (Lipinski definition) is 3. The van der Waals surface area contributed by atoms with Crippen LogP contribution in [0.2, 0.25) is 0 Å². The fraction of sp³-hybridized carbons (Fsp3) is 0.412. The zero-order chi connectivity index (χ0) is 13.9. The summed E-state index contributed by atoms with van der Waals surface area (Å²) in [5.41, 5.74) is 10.4. The Labute approximate surface area is 125 Å². The van der Waals surface area contributed by atoms with Crippen LogP contribution in [-0.4, -0.2) is 18.5 Å². The summed E-state index contributed by atoms with van der Waals surface area (Å²) in [6, 6.07) is 11.4. The van der Waals surface area contributed by atoms with Crippen molar-refractivity contribution in [3.63, 3.8) is 0 Å². The molecule has 0 amide bonds. The quantitative estimate of drug-likeness (QED) is 0.876. The van der Waals surface area contributed by atoms with Gasteiger partial charge in [-0.05, 0) is 59.3 Å². The van der Waals surface area contributed by atoms with Crippen LogP contribution >= 0.6 is 11.3 Å². The first-order valence-electron chi connectivity index (χ1n) is 7.29. The minimum Gasteiger partial charge on any atom is -0.329 e. The van der Waals surface area contributed by atoms with Gasteiger partial charge < -0.3 is 5.73 Å². The molecular formula is C17H22N2S. The lowest BCUT2D eigenvalue weighted by Crippen LogP contribution is -2.30. The zero-order valence-corrected chi connectivity index (χ0v) is 12.8. The highest BCUT2D eigenvalue weighted by Crippen LogP contribution is 2.43. The summed E-state index contributed by atoms with van der Waals surface area (Å²) < 4.78 is 0. The van der Waals surface area contributed by atoms with E-state index in [0.29, 0.717) is 12.6 Å². The van der Waals surface area contributed by atoms with Gasteiger partial charge in [0.1, 0.15) is 0 Å². The van der Waals surface area contributed by atoms with Gasteiger partial charge in [0.05, 0.1) is 0 Å². The van der Waals surface area contributed by atoms with E-state index in [2.05, 4.69) is 53.0 Å². The normalized spacial score (nSPS) is 16.6. The number of thiophene rings is 1. The maximum Gasteiger partial charge on any atom is 0.0473 e. The molecule has 106 valence electrons. The molecule has 1 fully saturated rings. The smallest absolute Gasteiger partial charge is 0.0473 e. The molecule has 0 spiro atoms. The van der Waals surface area contributed by atoms with Crippen LogP contribution in [-0.2, 0) is 6.54 Å². The number of likely N-dealkylation sites (N-methyl/N-ethyl adjacent to an activating group) is 1. The first-order chi connectivity index (χ1) is 9.79. The molecule has 0 saturated heterocycles. The highest BCUT2D eigenvalue weighted by molar-refractivity contribution is 7.07. The van der Waals surface area contributed by atoms with Crippen LogP contribution in [0.5, 0.6) is 0 Å². The molecule has 1 heterocycles. The molecule has 2 aromatic rings. The molecule has 1 atom stereocenters. The molecule has 2 nitrogen and oxygen atoms in total. The second-order valence-electron chi connectivity index (χ2n) is 5.70. The molecule has 1 aliphatic carbocycles. The fourth-order valence-corrected chi connectivity index (χ4v) is 3.57. The van der Waals surface area contributed by atoms with Crippen LogP contribution < -0.4 is 5.73 Å². The lowest BCUT2D eigenvalue weighted by atomic mass is 9.96. The Balaban J connectivity index is 1.82. The highest BCUT2D eigenvalue weighted by atomic mass is 32.1. The van der Waals surface area contributed by atoms with Crippen molar-refractivity contribution in [2.45, 2.75) is 31.3 Å². The molecule has 1 unspecified atom stereocenters. The molecule has 1 saturated carbocycles. The molecule has 0 bridgehead atoms. The van der Waals surface area contributed by atoms with Crippen molar-refractivity contribution in [1.29, 1.82) is 0 Å². The fourth-order valence-electron chi connectivity index (χ4n) is 2.91. The van der Waals surface area contributed by atoms with Crippen molar-refractivity contribution in [2.75, 3.05) is 13.6 Å². The molecule has 3 rings (SSSR count). The largest absolute Gasteiger partial charge is 0.329 e. The monoisotopic (exact) mass is 286 g/mol. The predicted molar refractivity (Wildman–Crippen MR) is 86.0 cm³/mol. The molecule has 0 aliphatic heterocycles. The second kappa shape index (κ2) is 6.08. The summed E-state index contributed by atoms with van der Waals surface area (Å²) in [4.78, 5) is 2.38. The standard InChI is InChI=1S/C17H22N2S/c1-19(11-13-8-9-20-12-13)17(10-18)16-5-3-2-4-15(16)14-6-7-14/h2-5,8-9,12,14,17H,6-7,10-11,18H2,1H3. The molecule has 0 radical (unpaired) electrons. The highest BCUT2D eigenvalue weighted by Gasteiger charge is 2.28. The number of hydrogen-bond donors (Lipinski definition) is 1. The first kappa shape index (κ1) is 13.8. The van der Waals surface area contributed by atoms with Gasteiger partial charge in [0.15, 0.2) is 0 Å². The van der Waals surface area contributed by atoms with Crippen molar-refractivity contribution < 1.29 is 0 Å². The molecule has 2 N–H and O–H groups in total.